The normalized spacial score (nSPS) is 17.7. The first kappa shape index (κ1) is 12.4. The molecule has 0 bridgehead atoms. The molecule has 5 heteroatoms. The maximum absolute atomic E-state index is 12.1. The number of anilines is 1. The third kappa shape index (κ3) is 2.63. The van der Waals surface area contributed by atoms with E-state index in [9.17, 15) is 9.59 Å². The van der Waals surface area contributed by atoms with Gasteiger partial charge in [0.25, 0.3) is 0 Å². The van der Waals surface area contributed by atoms with E-state index in [0.29, 0.717) is 28.6 Å². The summed E-state index contributed by atoms with van der Waals surface area (Å²) < 4.78 is 4.94. The molecule has 21 heavy (non-hydrogen) atoms. The van der Waals surface area contributed by atoms with Crippen LogP contribution in [0.3, 0.4) is 0 Å². The first-order valence-corrected chi connectivity index (χ1v) is 7.34. The predicted molar refractivity (Wildman–Crippen MR) is 79.0 cm³/mol. The molecule has 0 unspecified atom stereocenters. The standard InChI is InChI=1S/C16H16N2O3/c19-15(8-12(9-1-2-9)10-3-4-10)17-11-5-6-14-13(7-11)18-16(20)21-14/h5-10H,1-4H2,(H,17,19)(H,18,20). The summed E-state index contributed by atoms with van der Waals surface area (Å²) >= 11 is 0. The van der Waals surface area contributed by atoms with Gasteiger partial charge in [0.15, 0.2) is 5.58 Å². The molecule has 5 nitrogen and oxygen atoms in total. The minimum absolute atomic E-state index is 0.0889. The summed E-state index contributed by atoms with van der Waals surface area (Å²) in [6, 6.07) is 5.12. The molecule has 2 aliphatic carbocycles. The van der Waals surface area contributed by atoms with Crippen molar-refractivity contribution in [3.8, 4) is 0 Å². The number of aromatic nitrogens is 1. The summed E-state index contributed by atoms with van der Waals surface area (Å²) in [6.45, 7) is 0. The van der Waals surface area contributed by atoms with E-state index >= 15 is 0 Å². The van der Waals surface area contributed by atoms with Crippen LogP contribution < -0.4 is 11.1 Å². The molecule has 2 saturated carbocycles. The van der Waals surface area contributed by atoms with E-state index in [4.69, 9.17) is 4.42 Å². The fourth-order valence-corrected chi connectivity index (χ4v) is 2.76. The van der Waals surface area contributed by atoms with E-state index in [1.165, 1.54) is 31.3 Å². The van der Waals surface area contributed by atoms with E-state index in [1.807, 2.05) is 0 Å². The van der Waals surface area contributed by atoms with E-state index in [-0.39, 0.29) is 5.91 Å². The van der Waals surface area contributed by atoms with Crippen LogP contribution in [0.4, 0.5) is 5.69 Å². The quantitative estimate of drug-likeness (QED) is 0.848. The van der Waals surface area contributed by atoms with Gasteiger partial charge in [-0.15, -0.1) is 0 Å². The van der Waals surface area contributed by atoms with Crippen molar-refractivity contribution in [1.82, 2.24) is 4.98 Å². The maximum Gasteiger partial charge on any atom is 0.417 e. The Bertz CT molecular complexity index is 777. The van der Waals surface area contributed by atoms with Crippen LogP contribution in [0.2, 0.25) is 0 Å². The van der Waals surface area contributed by atoms with Gasteiger partial charge < -0.3 is 9.73 Å². The van der Waals surface area contributed by atoms with Crippen LogP contribution in [-0.4, -0.2) is 10.9 Å². The van der Waals surface area contributed by atoms with Gasteiger partial charge in [0.05, 0.1) is 5.52 Å². The third-order valence-corrected chi connectivity index (χ3v) is 4.08. The molecule has 0 aliphatic heterocycles. The summed E-state index contributed by atoms with van der Waals surface area (Å²) in [5.41, 5.74) is 3.06. The van der Waals surface area contributed by atoms with Crippen LogP contribution in [-0.2, 0) is 4.79 Å². The number of nitrogens with one attached hydrogen (secondary N) is 2. The minimum Gasteiger partial charge on any atom is -0.408 e. The van der Waals surface area contributed by atoms with Gasteiger partial charge in [-0.1, -0.05) is 5.57 Å². The molecule has 2 aliphatic rings. The van der Waals surface area contributed by atoms with Gasteiger partial charge in [0, 0.05) is 11.8 Å². The van der Waals surface area contributed by atoms with Gasteiger partial charge in [-0.3, -0.25) is 9.78 Å². The average Bonchev–Trinajstić information content (AvgIpc) is 3.33. The highest BCUT2D eigenvalue weighted by molar-refractivity contribution is 6.00. The second-order valence-corrected chi connectivity index (χ2v) is 5.91. The Hall–Kier alpha value is -2.30. The molecule has 2 aromatic rings. The maximum atomic E-state index is 12.1. The molecule has 1 heterocycles. The molecule has 0 spiro atoms. The first-order valence-electron chi connectivity index (χ1n) is 7.34. The number of carbonyl (C=O) groups excluding carboxylic acids is 1. The second kappa shape index (κ2) is 4.62. The number of rotatable bonds is 4. The van der Waals surface area contributed by atoms with Gasteiger partial charge in [0.2, 0.25) is 5.91 Å². The zero-order valence-electron chi connectivity index (χ0n) is 11.5. The summed E-state index contributed by atoms with van der Waals surface area (Å²) in [5, 5.41) is 2.86. The highest BCUT2D eigenvalue weighted by Crippen LogP contribution is 2.48. The van der Waals surface area contributed by atoms with Crippen molar-refractivity contribution in [2.24, 2.45) is 11.8 Å². The highest BCUT2D eigenvalue weighted by atomic mass is 16.4. The number of amides is 1. The van der Waals surface area contributed by atoms with Gasteiger partial charge in [-0.2, -0.15) is 0 Å². The Labute approximate surface area is 121 Å². The molecule has 2 fully saturated rings. The van der Waals surface area contributed by atoms with Gasteiger partial charge in [-0.05, 0) is 55.7 Å². The summed E-state index contributed by atoms with van der Waals surface area (Å²) in [6.07, 6.45) is 6.66. The molecule has 108 valence electrons. The van der Waals surface area contributed by atoms with Crippen molar-refractivity contribution in [3.05, 3.63) is 40.4 Å². The van der Waals surface area contributed by atoms with E-state index in [0.717, 1.165) is 0 Å². The molecule has 1 aromatic carbocycles. The Morgan fingerprint density at radius 1 is 1.24 bits per heavy atom. The van der Waals surface area contributed by atoms with E-state index in [2.05, 4.69) is 10.3 Å². The molecule has 0 radical (unpaired) electrons. The van der Waals surface area contributed by atoms with E-state index < -0.39 is 5.76 Å². The van der Waals surface area contributed by atoms with E-state index in [1.54, 1.807) is 24.3 Å². The van der Waals surface area contributed by atoms with Crippen LogP contribution in [0.25, 0.3) is 11.1 Å². The molecule has 4 rings (SSSR count). The van der Waals surface area contributed by atoms with Crippen LogP contribution in [0.15, 0.2) is 39.1 Å². The van der Waals surface area contributed by atoms with Crippen LogP contribution >= 0.6 is 0 Å². The summed E-state index contributed by atoms with van der Waals surface area (Å²) in [5.74, 6) is 0.694. The van der Waals surface area contributed by atoms with Crippen LogP contribution in [0.1, 0.15) is 25.7 Å². The fraction of sp³-hybridized carbons (Fsp3) is 0.375. The minimum atomic E-state index is -0.488. The topological polar surface area (TPSA) is 75.1 Å². The largest absolute Gasteiger partial charge is 0.417 e. The van der Waals surface area contributed by atoms with Gasteiger partial charge in [0.1, 0.15) is 0 Å². The molecule has 0 saturated heterocycles. The van der Waals surface area contributed by atoms with Crippen molar-refractivity contribution >= 4 is 22.7 Å². The Morgan fingerprint density at radius 3 is 2.62 bits per heavy atom. The van der Waals surface area contributed by atoms with Crippen LogP contribution in [0.5, 0.6) is 0 Å². The van der Waals surface area contributed by atoms with Crippen molar-refractivity contribution < 1.29 is 9.21 Å². The zero-order valence-corrected chi connectivity index (χ0v) is 11.5. The van der Waals surface area contributed by atoms with Crippen molar-refractivity contribution in [2.45, 2.75) is 25.7 Å². The Morgan fingerprint density at radius 2 is 1.95 bits per heavy atom. The molecule has 2 N–H and O–H groups in total. The smallest absolute Gasteiger partial charge is 0.408 e. The average molecular weight is 284 g/mol. The molecule has 1 aromatic heterocycles. The number of allylic oxidation sites excluding steroid dienone is 1. The lowest BCUT2D eigenvalue weighted by molar-refractivity contribution is -0.112. The number of benzene rings is 1. The summed E-state index contributed by atoms with van der Waals surface area (Å²) in [4.78, 5) is 25.8. The van der Waals surface area contributed by atoms with Gasteiger partial charge >= 0.3 is 5.76 Å². The molecular weight excluding hydrogens is 268 g/mol. The zero-order chi connectivity index (χ0) is 14.4. The Kier molecular flexibility index (Phi) is 2.74. The number of aromatic amines is 1. The number of H-pyrrole nitrogens is 1. The molecular formula is C16H16N2O3. The second-order valence-electron chi connectivity index (χ2n) is 5.91. The number of fused-ring (bicyclic) bond motifs is 1. The number of hydrogen-bond acceptors (Lipinski definition) is 3. The van der Waals surface area contributed by atoms with Gasteiger partial charge in [-0.25, -0.2) is 4.79 Å². The SMILES string of the molecule is O=C(C=C(C1CC1)C1CC1)Nc1ccc2oc(=O)[nH]c2c1. The number of carbonyl (C=O) groups is 1. The lowest BCUT2D eigenvalue weighted by Gasteiger charge is -2.05. The number of oxazole rings is 1. The first-order chi connectivity index (χ1) is 10.2. The molecule has 0 atom stereocenters. The van der Waals surface area contributed by atoms with Crippen molar-refractivity contribution in [2.75, 3.05) is 5.32 Å². The lowest BCUT2D eigenvalue weighted by atomic mass is 10.1. The third-order valence-electron chi connectivity index (χ3n) is 4.08. The van der Waals surface area contributed by atoms with Crippen LogP contribution in [0, 0.1) is 11.8 Å². The highest BCUT2D eigenvalue weighted by Gasteiger charge is 2.36. The monoisotopic (exact) mass is 284 g/mol. The Balaban J connectivity index is 1.54. The van der Waals surface area contributed by atoms with Crippen molar-refractivity contribution in [3.63, 3.8) is 0 Å². The molecule has 1 amide bonds. The predicted octanol–water partition coefficient (Wildman–Crippen LogP) is 2.81. The fourth-order valence-electron chi connectivity index (χ4n) is 2.76. The number of hydrogen-bond donors (Lipinski definition) is 2. The summed E-state index contributed by atoms with van der Waals surface area (Å²) in [7, 11) is 0. The lowest BCUT2D eigenvalue weighted by Crippen LogP contribution is -2.10. The van der Waals surface area contributed by atoms with Crippen molar-refractivity contribution in [1.29, 1.82) is 0 Å².